The lowest BCUT2D eigenvalue weighted by atomic mass is 10.1. The number of hydrogen-bond acceptors (Lipinski definition) is 5. The van der Waals surface area contributed by atoms with E-state index in [1.54, 1.807) is 5.32 Å². The fraction of sp³-hybridized carbons (Fsp3) is 0.300. The van der Waals surface area contributed by atoms with Crippen LogP contribution < -0.4 is 5.32 Å². The number of benzene rings is 2. The highest BCUT2D eigenvalue weighted by atomic mass is 19.4. The van der Waals surface area contributed by atoms with Gasteiger partial charge >= 0.3 is 24.5 Å². The molecular weight excluding hydrogens is 505 g/mol. The third kappa shape index (κ3) is 6.55. The van der Waals surface area contributed by atoms with Crippen molar-refractivity contribution in [3.63, 3.8) is 0 Å². The zero-order valence-electron chi connectivity index (χ0n) is 17.2. The van der Waals surface area contributed by atoms with Crippen LogP contribution in [0.4, 0.5) is 45.2 Å². The second-order valence-corrected chi connectivity index (χ2v) is 7.25. The second kappa shape index (κ2) is 9.28. The van der Waals surface area contributed by atoms with Gasteiger partial charge in [0.05, 0.1) is 11.1 Å². The van der Waals surface area contributed by atoms with Crippen LogP contribution in [0.3, 0.4) is 0 Å². The summed E-state index contributed by atoms with van der Waals surface area (Å²) in [5, 5.41) is 20.9. The van der Waals surface area contributed by atoms with Crippen LogP contribution in [0.25, 0.3) is 0 Å². The average Bonchev–Trinajstić information content (AvgIpc) is 2.69. The molecule has 35 heavy (non-hydrogen) atoms. The summed E-state index contributed by atoms with van der Waals surface area (Å²) in [6.45, 7) is -0.885. The first-order valence-electron chi connectivity index (χ1n) is 9.12. The highest BCUT2D eigenvalue weighted by Gasteiger charge is 2.55. The lowest BCUT2D eigenvalue weighted by Crippen LogP contribution is -2.52. The summed E-state index contributed by atoms with van der Waals surface area (Å²) in [5.74, 6) is -4.28. The number of alkyl halides is 9. The minimum absolute atomic E-state index is 0.125. The third-order valence-electron chi connectivity index (χ3n) is 4.49. The Morgan fingerprint density at radius 1 is 0.886 bits per heavy atom. The van der Waals surface area contributed by atoms with Crippen molar-refractivity contribution in [2.24, 2.45) is 0 Å². The number of anilines is 1. The van der Waals surface area contributed by atoms with Gasteiger partial charge < -0.3 is 20.3 Å². The molecule has 1 amide bonds. The third-order valence-corrected chi connectivity index (χ3v) is 4.49. The summed E-state index contributed by atoms with van der Waals surface area (Å²) in [7, 11) is 0. The molecule has 0 aliphatic carbocycles. The van der Waals surface area contributed by atoms with Crippen molar-refractivity contribution < 1.29 is 64.1 Å². The number of halogens is 9. The largest absolute Gasteiger partial charge is 0.507 e. The zero-order valence-corrected chi connectivity index (χ0v) is 17.2. The maximum Gasteiger partial charge on any atom is 0.426 e. The number of ether oxygens (including phenoxy) is 1. The van der Waals surface area contributed by atoms with Crippen LogP contribution in [0.15, 0.2) is 36.4 Å². The number of carbonyl (C=O) groups excluding carboxylic acids is 2. The first kappa shape index (κ1) is 27.8. The number of aromatic hydroxyl groups is 1. The average molecular weight is 519 g/mol. The Labute approximate surface area is 189 Å². The van der Waals surface area contributed by atoms with Gasteiger partial charge in [0.1, 0.15) is 17.9 Å². The van der Waals surface area contributed by atoms with E-state index < -0.39 is 76.3 Å². The number of phenolic OH excluding ortho intramolecular Hbond substituents is 1. The summed E-state index contributed by atoms with van der Waals surface area (Å²) in [5.41, 5.74) is -8.90. The number of amides is 1. The van der Waals surface area contributed by atoms with Gasteiger partial charge in [-0.1, -0.05) is 0 Å². The normalized spacial score (nSPS) is 14.3. The lowest BCUT2D eigenvalue weighted by molar-refractivity contribution is -0.242. The summed E-state index contributed by atoms with van der Waals surface area (Å²) >= 11 is 0. The summed E-state index contributed by atoms with van der Waals surface area (Å²) < 4.78 is 120. The van der Waals surface area contributed by atoms with E-state index in [1.807, 2.05) is 0 Å². The molecule has 0 saturated carbocycles. The van der Waals surface area contributed by atoms with Crippen molar-refractivity contribution in [2.75, 3.05) is 5.32 Å². The monoisotopic (exact) mass is 519 g/mol. The van der Waals surface area contributed by atoms with Crippen LogP contribution in [0.5, 0.6) is 5.75 Å². The van der Waals surface area contributed by atoms with Gasteiger partial charge in [-0.2, -0.15) is 39.5 Å². The molecule has 1 unspecified atom stereocenters. The van der Waals surface area contributed by atoms with Crippen molar-refractivity contribution in [3.05, 3.63) is 58.7 Å². The van der Waals surface area contributed by atoms with E-state index in [0.717, 1.165) is 12.1 Å². The summed E-state index contributed by atoms with van der Waals surface area (Å²) in [4.78, 5) is 23.8. The minimum atomic E-state index is -5.34. The molecule has 2 rings (SSSR count). The first-order chi connectivity index (χ1) is 15.7. The van der Waals surface area contributed by atoms with E-state index in [0.29, 0.717) is 18.2 Å². The van der Waals surface area contributed by atoms with Crippen molar-refractivity contribution >= 4 is 17.6 Å². The number of aliphatic hydroxyl groups is 1. The number of phenols is 1. The minimum Gasteiger partial charge on any atom is -0.507 e. The molecule has 0 aliphatic rings. The SMILES string of the molecule is CC(O)(C(=O)Nc1ccc(C(=O)OCc2cc(C(F)(F)F)cc(C(F)(F)F)c2)c(O)c1)C(F)(F)F. The topological polar surface area (TPSA) is 95.9 Å². The fourth-order valence-corrected chi connectivity index (χ4v) is 2.49. The summed E-state index contributed by atoms with van der Waals surface area (Å²) in [6, 6.07) is 2.71. The van der Waals surface area contributed by atoms with E-state index in [4.69, 9.17) is 0 Å². The maximum atomic E-state index is 12.9. The van der Waals surface area contributed by atoms with Crippen LogP contribution in [-0.4, -0.2) is 33.9 Å². The van der Waals surface area contributed by atoms with Gasteiger partial charge in [-0.3, -0.25) is 4.79 Å². The molecule has 0 radical (unpaired) electrons. The van der Waals surface area contributed by atoms with E-state index >= 15 is 0 Å². The number of esters is 1. The highest BCUT2D eigenvalue weighted by Crippen LogP contribution is 2.37. The van der Waals surface area contributed by atoms with Crippen molar-refractivity contribution in [2.45, 2.75) is 37.7 Å². The maximum absolute atomic E-state index is 12.9. The van der Waals surface area contributed by atoms with Gasteiger partial charge in [-0.15, -0.1) is 0 Å². The highest BCUT2D eigenvalue weighted by molar-refractivity contribution is 5.99. The Hall–Kier alpha value is -3.49. The second-order valence-electron chi connectivity index (χ2n) is 7.25. The van der Waals surface area contributed by atoms with Crippen LogP contribution >= 0.6 is 0 Å². The van der Waals surface area contributed by atoms with E-state index in [9.17, 15) is 59.3 Å². The van der Waals surface area contributed by atoms with E-state index in [-0.39, 0.29) is 13.0 Å². The van der Waals surface area contributed by atoms with Gasteiger partial charge in [-0.25, -0.2) is 4.79 Å². The number of rotatable bonds is 5. The summed E-state index contributed by atoms with van der Waals surface area (Å²) in [6.07, 6.45) is -15.6. The molecule has 6 nitrogen and oxygen atoms in total. The molecular formula is C20H14F9NO5. The van der Waals surface area contributed by atoms with Crippen molar-refractivity contribution in [3.8, 4) is 5.75 Å². The molecule has 0 aliphatic heterocycles. The molecule has 0 heterocycles. The van der Waals surface area contributed by atoms with E-state index in [2.05, 4.69) is 4.74 Å². The van der Waals surface area contributed by atoms with Crippen LogP contribution in [0, 0.1) is 0 Å². The standard InChI is InChI=1S/C20H14F9NO5/c1-17(34,20(27,28)29)16(33)30-12-2-3-13(14(31)7-12)15(32)35-8-9-4-10(18(21,22)23)6-11(5-9)19(24,25)26/h2-7,31,34H,8H2,1H3,(H,30,33). The number of hydrogen-bond donors (Lipinski definition) is 3. The Morgan fingerprint density at radius 3 is 1.83 bits per heavy atom. The van der Waals surface area contributed by atoms with Gasteiger partial charge in [0.2, 0.25) is 5.60 Å². The molecule has 192 valence electrons. The molecule has 15 heteroatoms. The molecule has 2 aromatic rings. The molecule has 0 fully saturated rings. The Morgan fingerprint density at radius 2 is 1.40 bits per heavy atom. The predicted octanol–water partition coefficient (Wildman–Crippen LogP) is 5.04. The molecule has 1 atom stereocenters. The van der Waals surface area contributed by atoms with E-state index in [1.165, 1.54) is 0 Å². The lowest BCUT2D eigenvalue weighted by Gasteiger charge is -2.24. The fourth-order valence-electron chi connectivity index (χ4n) is 2.49. The Kier molecular flexibility index (Phi) is 7.36. The van der Waals surface area contributed by atoms with Crippen molar-refractivity contribution in [1.29, 1.82) is 0 Å². The smallest absolute Gasteiger partial charge is 0.426 e. The van der Waals surface area contributed by atoms with Crippen LogP contribution in [-0.2, 0) is 28.5 Å². The Bertz CT molecular complexity index is 1090. The number of nitrogens with one attached hydrogen (secondary N) is 1. The zero-order chi connectivity index (χ0) is 27.0. The molecule has 0 aromatic heterocycles. The molecule has 0 spiro atoms. The van der Waals surface area contributed by atoms with Crippen LogP contribution in [0.1, 0.15) is 34.0 Å². The molecule has 3 N–H and O–H groups in total. The van der Waals surface area contributed by atoms with Crippen molar-refractivity contribution in [1.82, 2.24) is 0 Å². The molecule has 2 aromatic carbocycles. The van der Waals surface area contributed by atoms with Gasteiger partial charge in [0.15, 0.2) is 0 Å². The Balaban J connectivity index is 2.19. The first-order valence-corrected chi connectivity index (χ1v) is 9.12. The van der Waals surface area contributed by atoms with Gasteiger partial charge in [0, 0.05) is 11.8 Å². The quantitative estimate of drug-likeness (QED) is 0.380. The molecule has 0 bridgehead atoms. The van der Waals surface area contributed by atoms with Crippen LogP contribution in [0.2, 0.25) is 0 Å². The number of carbonyl (C=O) groups is 2. The predicted molar refractivity (Wildman–Crippen MR) is 99.0 cm³/mol. The van der Waals surface area contributed by atoms with Gasteiger partial charge in [-0.05, 0) is 42.8 Å². The van der Waals surface area contributed by atoms with Gasteiger partial charge in [0.25, 0.3) is 5.91 Å². The molecule has 0 saturated heterocycles.